The summed E-state index contributed by atoms with van der Waals surface area (Å²) in [6.45, 7) is 5.74. The summed E-state index contributed by atoms with van der Waals surface area (Å²) < 4.78 is 5.42. The van der Waals surface area contributed by atoms with E-state index in [1.807, 2.05) is 18.7 Å². The standard InChI is InChI=1S/C9H18N2O2/c1-7-6-13-8(2)5-11(7)9(12)3-4-10/h7-8H,3-6,10H2,1-2H3. The molecule has 1 aliphatic heterocycles. The number of rotatable bonds is 2. The van der Waals surface area contributed by atoms with Gasteiger partial charge in [0.05, 0.1) is 18.8 Å². The van der Waals surface area contributed by atoms with Crippen molar-refractivity contribution in [1.82, 2.24) is 4.90 Å². The summed E-state index contributed by atoms with van der Waals surface area (Å²) in [6.07, 6.45) is 0.592. The lowest BCUT2D eigenvalue weighted by Gasteiger charge is -2.36. The lowest BCUT2D eigenvalue weighted by atomic mass is 10.2. The lowest BCUT2D eigenvalue weighted by molar-refractivity contribution is -0.142. The van der Waals surface area contributed by atoms with Crippen molar-refractivity contribution >= 4 is 5.91 Å². The van der Waals surface area contributed by atoms with E-state index < -0.39 is 0 Å². The Balaban J connectivity index is 2.50. The van der Waals surface area contributed by atoms with E-state index in [0.29, 0.717) is 26.1 Å². The molecule has 0 aromatic heterocycles. The summed E-state index contributed by atoms with van der Waals surface area (Å²) in [5.74, 6) is 0.144. The minimum absolute atomic E-state index is 0.144. The van der Waals surface area contributed by atoms with E-state index in [4.69, 9.17) is 10.5 Å². The molecule has 1 heterocycles. The normalized spacial score (nSPS) is 29.0. The van der Waals surface area contributed by atoms with Crippen LogP contribution in [0.1, 0.15) is 20.3 Å². The van der Waals surface area contributed by atoms with Gasteiger partial charge in [-0.05, 0) is 13.8 Å². The second-order valence-electron chi connectivity index (χ2n) is 3.58. The molecule has 4 heteroatoms. The molecule has 2 unspecified atom stereocenters. The highest BCUT2D eigenvalue weighted by Gasteiger charge is 2.26. The Morgan fingerprint density at radius 2 is 2.31 bits per heavy atom. The maximum atomic E-state index is 11.5. The highest BCUT2D eigenvalue weighted by atomic mass is 16.5. The maximum Gasteiger partial charge on any atom is 0.224 e. The molecule has 1 rings (SSSR count). The maximum absolute atomic E-state index is 11.5. The number of hydrogen-bond donors (Lipinski definition) is 1. The molecular weight excluding hydrogens is 168 g/mol. The number of carbonyl (C=O) groups is 1. The van der Waals surface area contributed by atoms with E-state index in [1.165, 1.54) is 0 Å². The second-order valence-corrected chi connectivity index (χ2v) is 3.58. The van der Waals surface area contributed by atoms with Crippen LogP contribution in [0.3, 0.4) is 0 Å². The zero-order chi connectivity index (χ0) is 9.84. The van der Waals surface area contributed by atoms with Gasteiger partial charge < -0.3 is 15.4 Å². The molecule has 2 N–H and O–H groups in total. The van der Waals surface area contributed by atoms with E-state index >= 15 is 0 Å². The van der Waals surface area contributed by atoms with Crippen LogP contribution in [0.5, 0.6) is 0 Å². The van der Waals surface area contributed by atoms with Crippen LogP contribution in [-0.2, 0) is 9.53 Å². The van der Waals surface area contributed by atoms with Gasteiger partial charge in [0.2, 0.25) is 5.91 Å². The first-order chi connectivity index (χ1) is 6.15. The largest absolute Gasteiger partial charge is 0.375 e. The van der Waals surface area contributed by atoms with Crippen LogP contribution in [0.25, 0.3) is 0 Å². The summed E-state index contributed by atoms with van der Waals surface area (Å²) >= 11 is 0. The minimum atomic E-state index is 0.144. The molecule has 1 fully saturated rings. The summed E-state index contributed by atoms with van der Waals surface area (Å²) in [6, 6.07) is 0.190. The fourth-order valence-electron chi connectivity index (χ4n) is 1.52. The van der Waals surface area contributed by atoms with Crippen molar-refractivity contribution in [3.63, 3.8) is 0 Å². The van der Waals surface area contributed by atoms with Crippen LogP contribution in [0.4, 0.5) is 0 Å². The molecule has 76 valence electrons. The molecule has 0 saturated carbocycles. The molecule has 13 heavy (non-hydrogen) atoms. The van der Waals surface area contributed by atoms with E-state index in [9.17, 15) is 4.79 Å². The zero-order valence-corrected chi connectivity index (χ0v) is 8.32. The van der Waals surface area contributed by atoms with Gasteiger partial charge in [-0.3, -0.25) is 4.79 Å². The molecule has 0 aromatic carbocycles. The Labute approximate surface area is 79.0 Å². The Morgan fingerprint density at radius 3 is 2.92 bits per heavy atom. The van der Waals surface area contributed by atoms with E-state index in [2.05, 4.69) is 0 Å². The fourth-order valence-corrected chi connectivity index (χ4v) is 1.52. The third-order valence-corrected chi connectivity index (χ3v) is 2.29. The quantitative estimate of drug-likeness (QED) is 0.659. The first-order valence-electron chi connectivity index (χ1n) is 4.76. The molecule has 1 aliphatic rings. The topological polar surface area (TPSA) is 55.6 Å². The third kappa shape index (κ3) is 2.67. The van der Waals surface area contributed by atoms with Gasteiger partial charge in [0.1, 0.15) is 0 Å². The van der Waals surface area contributed by atoms with Gasteiger partial charge in [-0.25, -0.2) is 0 Å². The molecule has 2 atom stereocenters. The molecule has 0 radical (unpaired) electrons. The predicted octanol–water partition coefficient (Wildman–Crippen LogP) is -0.0290. The average molecular weight is 186 g/mol. The Bertz CT molecular complexity index is 184. The van der Waals surface area contributed by atoms with Crippen LogP contribution < -0.4 is 5.73 Å². The average Bonchev–Trinajstić information content (AvgIpc) is 2.09. The molecule has 0 aromatic rings. The first kappa shape index (κ1) is 10.5. The van der Waals surface area contributed by atoms with Crippen molar-refractivity contribution in [2.75, 3.05) is 19.7 Å². The highest BCUT2D eigenvalue weighted by molar-refractivity contribution is 5.76. The van der Waals surface area contributed by atoms with Gasteiger partial charge in [0.15, 0.2) is 0 Å². The SMILES string of the molecule is CC1CN(C(=O)CCN)C(C)CO1. The van der Waals surface area contributed by atoms with Crippen molar-refractivity contribution in [2.45, 2.75) is 32.4 Å². The van der Waals surface area contributed by atoms with Crippen molar-refractivity contribution in [1.29, 1.82) is 0 Å². The molecule has 0 spiro atoms. The van der Waals surface area contributed by atoms with Crippen molar-refractivity contribution in [3.05, 3.63) is 0 Å². The minimum Gasteiger partial charge on any atom is -0.375 e. The molecule has 1 saturated heterocycles. The Hall–Kier alpha value is -0.610. The van der Waals surface area contributed by atoms with Crippen LogP contribution in [0.15, 0.2) is 0 Å². The first-order valence-corrected chi connectivity index (χ1v) is 4.76. The van der Waals surface area contributed by atoms with Crippen LogP contribution in [-0.4, -0.2) is 42.6 Å². The van der Waals surface area contributed by atoms with Crippen molar-refractivity contribution < 1.29 is 9.53 Å². The van der Waals surface area contributed by atoms with Gasteiger partial charge >= 0.3 is 0 Å². The zero-order valence-electron chi connectivity index (χ0n) is 8.32. The second kappa shape index (κ2) is 4.58. The van der Waals surface area contributed by atoms with Crippen LogP contribution in [0.2, 0.25) is 0 Å². The smallest absolute Gasteiger partial charge is 0.224 e. The molecule has 1 amide bonds. The van der Waals surface area contributed by atoms with Gasteiger partial charge in [-0.15, -0.1) is 0 Å². The van der Waals surface area contributed by atoms with Gasteiger partial charge in [0, 0.05) is 19.5 Å². The predicted molar refractivity (Wildman–Crippen MR) is 50.3 cm³/mol. The van der Waals surface area contributed by atoms with Gasteiger partial charge in [-0.1, -0.05) is 0 Å². The number of carbonyl (C=O) groups excluding carboxylic acids is 1. The molecule has 4 nitrogen and oxygen atoms in total. The number of nitrogens with zero attached hydrogens (tertiary/aromatic N) is 1. The van der Waals surface area contributed by atoms with Crippen molar-refractivity contribution in [2.24, 2.45) is 5.73 Å². The molecule has 0 bridgehead atoms. The summed E-state index contributed by atoms with van der Waals surface area (Å²) in [5, 5.41) is 0. The third-order valence-electron chi connectivity index (χ3n) is 2.29. The van der Waals surface area contributed by atoms with E-state index in [0.717, 1.165) is 0 Å². The fraction of sp³-hybridized carbons (Fsp3) is 0.889. The molecule has 0 aliphatic carbocycles. The Kier molecular flexibility index (Phi) is 3.69. The van der Waals surface area contributed by atoms with Gasteiger partial charge in [-0.2, -0.15) is 0 Å². The highest BCUT2D eigenvalue weighted by Crippen LogP contribution is 2.12. The number of hydrogen-bond acceptors (Lipinski definition) is 3. The number of amides is 1. The van der Waals surface area contributed by atoms with Crippen LogP contribution >= 0.6 is 0 Å². The summed E-state index contributed by atoms with van der Waals surface area (Å²) in [4.78, 5) is 13.4. The van der Waals surface area contributed by atoms with Crippen LogP contribution in [0, 0.1) is 0 Å². The summed E-state index contributed by atoms with van der Waals surface area (Å²) in [7, 11) is 0. The van der Waals surface area contributed by atoms with E-state index in [1.54, 1.807) is 0 Å². The molecular formula is C9H18N2O2. The van der Waals surface area contributed by atoms with E-state index in [-0.39, 0.29) is 18.1 Å². The van der Waals surface area contributed by atoms with Gasteiger partial charge in [0.25, 0.3) is 0 Å². The lowest BCUT2D eigenvalue weighted by Crippen LogP contribution is -2.50. The summed E-state index contributed by atoms with van der Waals surface area (Å²) in [5.41, 5.74) is 5.34. The number of nitrogens with two attached hydrogens (primary N) is 1. The number of morpholine rings is 1. The monoisotopic (exact) mass is 186 g/mol. The Morgan fingerprint density at radius 1 is 1.62 bits per heavy atom. The number of ether oxygens (including phenoxy) is 1. The van der Waals surface area contributed by atoms with Crippen molar-refractivity contribution in [3.8, 4) is 0 Å².